The lowest BCUT2D eigenvalue weighted by Crippen LogP contribution is -2.39. The molecular weight excluding hydrogens is 454 g/mol. The van der Waals surface area contributed by atoms with Crippen LogP contribution < -0.4 is 10.9 Å². The molecule has 1 aromatic heterocycles. The van der Waals surface area contributed by atoms with Crippen molar-refractivity contribution in [1.82, 2.24) is 14.8 Å². The molecule has 1 aliphatic rings. The summed E-state index contributed by atoms with van der Waals surface area (Å²) in [6.45, 7) is -1.06. The number of thioether (sulfide) groups is 1. The summed E-state index contributed by atoms with van der Waals surface area (Å²) in [5.74, 6) is -2.00. The maximum atomic E-state index is 13.8. The van der Waals surface area contributed by atoms with E-state index in [-0.39, 0.29) is 23.6 Å². The Kier molecular flexibility index (Phi) is 6.82. The topological polar surface area (TPSA) is 88.5 Å². The highest BCUT2D eigenvalue weighted by Crippen LogP contribution is 2.32. The van der Waals surface area contributed by atoms with Crippen LogP contribution in [-0.2, 0) is 22.3 Å². The fraction of sp³-hybridized carbons (Fsp3) is 0.200. The third-order valence-electron chi connectivity index (χ3n) is 4.35. The van der Waals surface area contributed by atoms with E-state index in [1.54, 1.807) is 6.07 Å². The van der Waals surface area contributed by atoms with Crippen LogP contribution in [0.5, 0.6) is 0 Å². The van der Waals surface area contributed by atoms with E-state index in [2.05, 4.69) is 5.32 Å². The van der Waals surface area contributed by atoms with Gasteiger partial charge >= 0.3 is 6.18 Å². The number of nitrogens with one attached hydrogen (secondary N) is 1. The molecule has 168 valence electrons. The molecule has 12 heteroatoms. The molecule has 7 nitrogen and oxygen atoms in total. The van der Waals surface area contributed by atoms with Gasteiger partial charge in [0.2, 0.25) is 5.91 Å². The average Bonchev–Trinajstić information content (AvgIpc) is 2.98. The second kappa shape index (κ2) is 9.39. The largest absolute Gasteiger partial charge is 0.417 e. The third-order valence-corrected chi connectivity index (χ3v) is 5.26. The zero-order valence-electron chi connectivity index (χ0n) is 16.2. The zero-order valence-corrected chi connectivity index (χ0v) is 17.0. The summed E-state index contributed by atoms with van der Waals surface area (Å²) < 4.78 is 52.7. The van der Waals surface area contributed by atoms with E-state index in [9.17, 15) is 36.7 Å². The Morgan fingerprint density at radius 2 is 1.81 bits per heavy atom. The van der Waals surface area contributed by atoms with E-state index < -0.39 is 46.7 Å². The lowest BCUT2D eigenvalue weighted by atomic mass is 10.2. The van der Waals surface area contributed by atoms with E-state index in [4.69, 9.17) is 0 Å². The Hall–Kier alpha value is -3.41. The van der Waals surface area contributed by atoms with Crippen LogP contribution in [0.4, 0.5) is 22.4 Å². The van der Waals surface area contributed by atoms with Gasteiger partial charge in [-0.25, -0.2) is 4.39 Å². The van der Waals surface area contributed by atoms with Gasteiger partial charge in [0.25, 0.3) is 16.7 Å². The van der Waals surface area contributed by atoms with Crippen molar-refractivity contribution in [2.75, 3.05) is 13.1 Å². The third kappa shape index (κ3) is 5.44. The Labute approximate surface area is 182 Å². The first-order valence-electron chi connectivity index (χ1n) is 9.10. The van der Waals surface area contributed by atoms with Gasteiger partial charge in [0.15, 0.2) is 0 Å². The van der Waals surface area contributed by atoms with Crippen molar-refractivity contribution in [1.29, 1.82) is 0 Å². The highest BCUT2D eigenvalue weighted by molar-refractivity contribution is 8.18. The van der Waals surface area contributed by atoms with E-state index in [1.807, 2.05) is 0 Å². The summed E-state index contributed by atoms with van der Waals surface area (Å²) in [4.78, 5) is 49.1. The van der Waals surface area contributed by atoms with Crippen LogP contribution in [0, 0.1) is 5.82 Å². The molecule has 1 fully saturated rings. The van der Waals surface area contributed by atoms with Crippen LogP contribution in [0.2, 0.25) is 0 Å². The predicted molar refractivity (Wildman–Crippen MR) is 108 cm³/mol. The number of aromatic nitrogens is 1. The summed E-state index contributed by atoms with van der Waals surface area (Å²) in [7, 11) is 0. The molecule has 0 atom stereocenters. The van der Waals surface area contributed by atoms with Crippen molar-refractivity contribution in [3.63, 3.8) is 0 Å². The SMILES string of the molecule is O=C(Cn1cc(C(F)(F)F)ccc1=O)NCCN1C(=O)S/C(=C\c2ccccc2F)C1=O. The van der Waals surface area contributed by atoms with E-state index >= 15 is 0 Å². The minimum absolute atomic E-state index is 0.0157. The number of benzene rings is 1. The maximum Gasteiger partial charge on any atom is 0.417 e. The first-order valence-corrected chi connectivity index (χ1v) is 9.92. The number of nitrogens with zero attached hydrogens (tertiary/aromatic N) is 2. The molecule has 0 bridgehead atoms. The van der Waals surface area contributed by atoms with Gasteiger partial charge in [0, 0.05) is 30.9 Å². The van der Waals surface area contributed by atoms with Crippen LogP contribution in [0.1, 0.15) is 11.1 Å². The average molecular weight is 469 g/mol. The molecule has 1 aromatic carbocycles. The van der Waals surface area contributed by atoms with Crippen LogP contribution >= 0.6 is 11.8 Å². The van der Waals surface area contributed by atoms with Gasteiger partial charge in [0.05, 0.1) is 10.5 Å². The van der Waals surface area contributed by atoms with Crippen molar-refractivity contribution >= 4 is 34.9 Å². The number of pyridine rings is 1. The standard InChI is InChI=1S/C20H15F4N3O4S/c21-14-4-2-1-3-12(14)9-15-18(30)27(19(31)32-15)8-7-25-16(28)11-26-10-13(20(22,23)24)5-6-17(26)29/h1-6,9-10H,7-8,11H2,(H,25,28)/b15-9-. The number of carbonyl (C=O) groups excluding carboxylic acids is 3. The molecule has 1 saturated heterocycles. The van der Waals surface area contributed by atoms with Gasteiger partial charge in [-0.1, -0.05) is 18.2 Å². The second-order valence-electron chi connectivity index (χ2n) is 6.59. The summed E-state index contributed by atoms with van der Waals surface area (Å²) in [5, 5.41) is 1.73. The first-order chi connectivity index (χ1) is 15.1. The monoisotopic (exact) mass is 469 g/mol. The molecule has 0 radical (unpaired) electrons. The summed E-state index contributed by atoms with van der Waals surface area (Å²) >= 11 is 0.620. The first kappa shape index (κ1) is 23.3. The molecular formula is C20H15F4N3O4S. The molecule has 0 aliphatic carbocycles. The highest BCUT2D eigenvalue weighted by atomic mass is 32.2. The molecule has 0 saturated carbocycles. The summed E-state index contributed by atoms with van der Waals surface area (Å²) in [6, 6.07) is 7.03. The van der Waals surface area contributed by atoms with E-state index in [0.717, 1.165) is 4.90 Å². The van der Waals surface area contributed by atoms with Crippen molar-refractivity contribution in [3.8, 4) is 0 Å². The van der Waals surface area contributed by atoms with Crippen LogP contribution in [0.25, 0.3) is 6.08 Å². The van der Waals surface area contributed by atoms with Gasteiger partial charge in [-0.3, -0.25) is 24.1 Å². The number of amides is 3. The Bertz CT molecular complexity index is 1160. The normalized spacial score (nSPS) is 15.5. The van der Waals surface area contributed by atoms with Crippen LogP contribution in [0.3, 0.4) is 0 Å². The predicted octanol–water partition coefficient (Wildman–Crippen LogP) is 2.86. The van der Waals surface area contributed by atoms with Gasteiger partial charge in [-0.15, -0.1) is 0 Å². The fourth-order valence-corrected chi connectivity index (χ4v) is 3.62. The number of alkyl halides is 3. The van der Waals surface area contributed by atoms with Crippen LogP contribution in [-0.4, -0.2) is 39.6 Å². The number of hydrogen-bond acceptors (Lipinski definition) is 5. The minimum atomic E-state index is -4.67. The lowest BCUT2D eigenvalue weighted by molar-refractivity contribution is -0.138. The molecule has 2 aromatic rings. The number of carbonyl (C=O) groups is 3. The minimum Gasteiger partial charge on any atom is -0.353 e. The van der Waals surface area contributed by atoms with Crippen LogP contribution in [0.15, 0.2) is 52.3 Å². The van der Waals surface area contributed by atoms with Gasteiger partial charge < -0.3 is 9.88 Å². The van der Waals surface area contributed by atoms with Gasteiger partial charge in [-0.2, -0.15) is 13.2 Å². The molecule has 0 unspecified atom stereocenters. The number of imide groups is 1. The molecule has 3 rings (SSSR count). The van der Waals surface area contributed by atoms with Gasteiger partial charge in [0.1, 0.15) is 12.4 Å². The van der Waals surface area contributed by atoms with E-state index in [0.29, 0.717) is 34.7 Å². The number of rotatable bonds is 6. The molecule has 2 heterocycles. The highest BCUT2D eigenvalue weighted by Gasteiger charge is 2.35. The Morgan fingerprint density at radius 3 is 2.50 bits per heavy atom. The molecule has 1 aliphatic heterocycles. The Balaban J connectivity index is 1.58. The molecule has 0 spiro atoms. The molecule has 32 heavy (non-hydrogen) atoms. The second-order valence-corrected chi connectivity index (χ2v) is 7.58. The zero-order chi connectivity index (χ0) is 23.5. The summed E-state index contributed by atoms with van der Waals surface area (Å²) in [5.41, 5.74) is -1.74. The quantitative estimate of drug-likeness (QED) is 0.519. The van der Waals surface area contributed by atoms with Crippen molar-refractivity contribution < 1.29 is 31.9 Å². The summed E-state index contributed by atoms with van der Waals surface area (Å²) in [6.07, 6.45) is -2.89. The number of halogens is 4. The molecule has 1 N–H and O–H groups in total. The van der Waals surface area contributed by atoms with Crippen molar-refractivity contribution in [3.05, 3.63) is 74.8 Å². The van der Waals surface area contributed by atoms with E-state index in [1.165, 1.54) is 24.3 Å². The lowest BCUT2D eigenvalue weighted by Gasteiger charge is -2.14. The van der Waals surface area contributed by atoms with Crippen molar-refractivity contribution in [2.24, 2.45) is 0 Å². The molecule has 3 amide bonds. The Morgan fingerprint density at radius 1 is 1.09 bits per heavy atom. The fourth-order valence-electron chi connectivity index (χ4n) is 2.77. The van der Waals surface area contributed by atoms with Crippen molar-refractivity contribution in [2.45, 2.75) is 12.7 Å². The van der Waals surface area contributed by atoms with Gasteiger partial charge in [-0.05, 0) is 30.0 Å². The maximum absolute atomic E-state index is 13.8. The number of hydrogen-bond donors (Lipinski definition) is 1. The smallest absolute Gasteiger partial charge is 0.353 e.